The molecule has 0 aliphatic carbocycles. The van der Waals surface area contributed by atoms with Crippen molar-refractivity contribution in [1.82, 2.24) is 0 Å². The molecule has 54 heavy (non-hydrogen) atoms. The average Bonchev–Trinajstić information content (AvgIpc) is 3.81. The smallest absolute Gasteiger partial charge is 0.136 e. The zero-order valence-electron chi connectivity index (χ0n) is 29.1. The van der Waals surface area contributed by atoms with Crippen LogP contribution in [0.1, 0.15) is 0 Å². The zero-order chi connectivity index (χ0) is 35.3. The molecule has 0 saturated heterocycles. The van der Waals surface area contributed by atoms with Crippen molar-refractivity contribution in [3.8, 4) is 33.4 Å². The van der Waals surface area contributed by atoms with Crippen molar-refractivity contribution in [3.63, 3.8) is 0 Å². The minimum atomic E-state index is 0.921. The molecule has 12 rings (SSSR count). The van der Waals surface area contributed by atoms with Gasteiger partial charge in [-0.3, -0.25) is 0 Å². The lowest BCUT2D eigenvalue weighted by molar-refractivity contribution is 0.669. The van der Waals surface area contributed by atoms with E-state index >= 15 is 0 Å². The summed E-state index contributed by atoms with van der Waals surface area (Å²) < 4.78 is 9.34. The molecule has 0 saturated carbocycles. The quantitative estimate of drug-likeness (QED) is 0.167. The Hall–Kier alpha value is -6.74. The normalized spacial score (nSPS) is 12.1. The van der Waals surface area contributed by atoms with Gasteiger partial charge in [0.1, 0.15) is 11.2 Å². The van der Waals surface area contributed by atoms with Crippen LogP contribution in [0.2, 0.25) is 0 Å². The van der Waals surface area contributed by atoms with Crippen LogP contribution in [0.25, 0.3) is 119 Å². The number of fused-ring (bicyclic) bond motifs is 12. The van der Waals surface area contributed by atoms with Gasteiger partial charge < -0.3 is 4.42 Å². The maximum Gasteiger partial charge on any atom is 0.136 e. The summed E-state index contributed by atoms with van der Waals surface area (Å²) in [4.78, 5) is 0. The predicted octanol–water partition coefficient (Wildman–Crippen LogP) is 15.6. The van der Waals surface area contributed by atoms with Crippen LogP contribution in [0, 0.1) is 0 Å². The van der Waals surface area contributed by atoms with E-state index in [4.69, 9.17) is 4.42 Å². The number of benzene rings is 10. The third-order valence-electron chi connectivity index (χ3n) is 11.4. The van der Waals surface area contributed by atoms with Gasteiger partial charge in [0.05, 0.1) is 0 Å². The molecule has 12 aromatic rings. The minimum Gasteiger partial charge on any atom is -0.456 e. The van der Waals surface area contributed by atoms with Crippen LogP contribution >= 0.6 is 11.3 Å². The van der Waals surface area contributed by atoms with Crippen molar-refractivity contribution >= 4 is 96.5 Å². The molecule has 0 bridgehead atoms. The molecule has 0 spiro atoms. The van der Waals surface area contributed by atoms with Gasteiger partial charge >= 0.3 is 0 Å². The highest BCUT2D eigenvalue weighted by Gasteiger charge is 2.21. The molecule has 0 unspecified atom stereocenters. The van der Waals surface area contributed by atoms with Gasteiger partial charge in [-0.25, -0.2) is 0 Å². The van der Waals surface area contributed by atoms with Gasteiger partial charge in [-0.15, -0.1) is 11.3 Å². The van der Waals surface area contributed by atoms with E-state index in [0.29, 0.717) is 0 Å². The van der Waals surface area contributed by atoms with E-state index < -0.39 is 0 Å². The van der Waals surface area contributed by atoms with Gasteiger partial charge in [-0.1, -0.05) is 146 Å². The van der Waals surface area contributed by atoms with Gasteiger partial charge in [0.25, 0.3) is 0 Å². The van der Waals surface area contributed by atoms with Gasteiger partial charge in [0.2, 0.25) is 0 Å². The topological polar surface area (TPSA) is 13.1 Å². The third kappa shape index (κ3) is 4.26. The van der Waals surface area contributed by atoms with Crippen LogP contribution in [0.4, 0.5) is 0 Å². The Morgan fingerprint density at radius 2 is 0.926 bits per heavy atom. The first-order valence-corrected chi connectivity index (χ1v) is 19.3. The second-order valence-electron chi connectivity index (χ2n) is 14.3. The van der Waals surface area contributed by atoms with E-state index in [-0.39, 0.29) is 0 Å². The van der Waals surface area contributed by atoms with Crippen LogP contribution in [-0.4, -0.2) is 0 Å². The summed E-state index contributed by atoms with van der Waals surface area (Å²) in [5, 5.41) is 15.0. The van der Waals surface area contributed by atoms with E-state index in [1.807, 2.05) is 11.3 Å². The summed E-state index contributed by atoms with van der Waals surface area (Å²) in [7, 11) is 0. The average molecular weight is 703 g/mol. The molecule has 0 N–H and O–H groups in total. The lowest BCUT2D eigenvalue weighted by atomic mass is 9.85. The first kappa shape index (κ1) is 29.8. The predicted molar refractivity (Wildman–Crippen MR) is 233 cm³/mol. The summed E-state index contributed by atoms with van der Waals surface area (Å²) in [5.41, 5.74) is 9.17. The van der Waals surface area contributed by atoms with E-state index in [0.717, 1.165) is 11.2 Å². The van der Waals surface area contributed by atoms with Gasteiger partial charge in [-0.05, 0) is 113 Å². The molecule has 0 aliphatic rings. The lowest BCUT2D eigenvalue weighted by Crippen LogP contribution is -1.91. The van der Waals surface area contributed by atoms with Crippen LogP contribution in [-0.2, 0) is 0 Å². The molecule has 250 valence electrons. The SMILES string of the molecule is c1cc(-c2c3ccccc3c(-c3ccc4ccccc4c3)c3ccccc23)cc(-c2cc3oc4ccc5c6ccccc6sc5c4c3c3ccccc23)c1. The maximum atomic E-state index is 6.75. The number of hydrogen-bond acceptors (Lipinski definition) is 2. The summed E-state index contributed by atoms with van der Waals surface area (Å²) in [6.07, 6.45) is 0. The molecule has 1 nitrogen and oxygen atoms in total. The molecule has 10 aromatic carbocycles. The first-order valence-electron chi connectivity index (χ1n) is 18.5. The maximum absolute atomic E-state index is 6.75. The molecule has 0 atom stereocenters. The highest BCUT2D eigenvalue weighted by atomic mass is 32.1. The fourth-order valence-corrected chi connectivity index (χ4v) is 10.3. The minimum absolute atomic E-state index is 0.921. The number of hydrogen-bond donors (Lipinski definition) is 0. The third-order valence-corrected chi connectivity index (χ3v) is 12.6. The van der Waals surface area contributed by atoms with Gasteiger partial charge in [0.15, 0.2) is 0 Å². The van der Waals surface area contributed by atoms with Crippen LogP contribution in [0.3, 0.4) is 0 Å². The van der Waals surface area contributed by atoms with E-state index in [2.05, 4.69) is 182 Å². The van der Waals surface area contributed by atoms with Crippen LogP contribution in [0.15, 0.2) is 186 Å². The summed E-state index contributed by atoms with van der Waals surface area (Å²) in [5.74, 6) is 0. The van der Waals surface area contributed by atoms with Crippen molar-refractivity contribution < 1.29 is 4.42 Å². The molecule has 2 heterocycles. The molecule has 0 aliphatic heterocycles. The molecular weight excluding hydrogens is 673 g/mol. The van der Waals surface area contributed by atoms with Crippen LogP contribution in [0.5, 0.6) is 0 Å². The Kier molecular flexibility index (Phi) is 6.28. The second-order valence-corrected chi connectivity index (χ2v) is 15.4. The summed E-state index contributed by atoms with van der Waals surface area (Å²) in [6, 6.07) is 66.7. The van der Waals surface area contributed by atoms with E-state index in [9.17, 15) is 0 Å². The standard InChI is InChI=1S/C52H30OS/c1-2-13-32-28-35(25-24-31(32)12-1)49-41-21-7-5-19-39(41)48(40-20-6-8-22-42(40)49)34-15-11-14-33(29-34)44-30-46-50(38-18-4-3-16-36(38)44)51-45(53-46)27-26-43-37-17-9-10-23-47(37)54-52(43)51/h1-30H. The fraction of sp³-hybridized carbons (Fsp3) is 0. The van der Waals surface area contributed by atoms with Gasteiger partial charge in [-0.2, -0.15) is 0 Å². The fourth-order valence-electron chi connectivity index (χ4n) is 9.08. The molecule has 0 fully saturated rings. The number of furan rings is 1. The van der Waals surface area contributed by atoms with E-state index in [1.54, 1.807) is 0 Å². The second kappa shape index (κ2) is 11.4. The molecule has 2 aromatic heterocycles. The largest absolute Gasteiger partial charge is 0.456 e. The van der Waals surface area contributed by atoms with Crippen molar-refractivity contribution in [2.75, 3.05) is 0 Å². The Morgan fingerprint density at radius 1 is 0.333 bits per heavy atom. The molecular formula is C52H30OS. The molecule has 0 amide bonds. The van der Waals surface area contributed by atoms with Crippen molar-refractivity contribution in [3.05, 3.63) is 182 Å². The zero-order valence-corrected chi connectivity index (χ0v) is 30.0. The van der Waals surface area contributed by atoms with Crippen molar-refractivity contribution in [2.45, 2.75) is 0 Å². The number of thiophene rings is 1. The number of rotatable bonds is 3. The first-order chi connectivity index (χ1) is 26.8. The Labute approximate surface area is 314 Å². The summed E-state index contributed by atoms with van der Waals surface area (Å²) in [6.45, 7) is 0. The van der Waals surface area contributed by atoms with Crippen molar-refractivity contribution in [1.29, 1.82) is 0 Å². The van der Waals surface area contributed by atoms with Crippen molar-refractivity contribution in [2.24, 2.45) is 0 Å². The lowest BCUT2D eigenvalue weighted by Gasteiger charge is -2.18. The monoisotopic (exact) mass is 702 g/mol. The van der Waals surface area contributed by atoms with E-state index in [1.165, 1.54) is 107 Å². The highest BCUT2D eigenvalue weighted by Crippen LogP contribution is 2.48. The molecule has 0 radical (unpaired) electrons. The van der Waals surface area contributed by atoms with Crippen LogP contribution < -0.4 is 0 Å². The van der Waals surface area contributed by atoms with Gasteiger partial charge in [0, 0.05) is 30.9 Å². The molecule has 2 heteroatoms. The Morgan fingerprint density at radius 3 is 1.67 bits per heavy atom. The Bertz CT molecular complexity index is 3450. The summed E-state index contributed by atoms with van der Waals surface area (Å²) >= 11 is 1.86. The Balaban J connectivity index is 1.10. The highest BCUT2D eigenvalue weighted by molar-refractivity contribution is 7.26.